The first-order valence-corrected chi connectivity index (χ1v) is 7.53. The Morgan fingerprint density at radius 3 is 2.35 bits per heavy atom. The quantitative estimate of drug-likeness (QED) is 0.823. The number of hydrogen-bond acceptors (Lipinski definition) is 3. The smallest absolute Gasteiger partial charge is 0.123 e. The third-order valence-electron chi connectivity index (χ3n) is 3.23. The minimum absolute atomic E-state index is 0.779. The fourth-order valence-electron chi connectivity index (χ4n) is 2.36. The minimum atomic E-state index is 0.779. The van der Waals surface area contributed by atoms with E-state index in [0.717, 1.165) is 12.3 Å². The predicted octanol–water partition coefficient (Wildman–Crippen LogP) is 4.42. The van der Waals surface area contributed by atoms with Crippen LogP contribution in [0.2, 0.25) is 0 Å². The molecular weight excluding hydrogens is 266 g/mol. The van der Waals surface area contributed by atoms with E-state index in [2.05, 4.69) is 43.7 Å². The van der Waals surface area contributed by atoms with E-state index in [1.54, 1.807) is 19.1 Å². The summed E-state index contributed by atoms with van der Waals surface area (Å²) in [6.45, 7) is 7.23. The van der Waals surface area contributed by atoms with E-state index in [0.29, 0.717) is 0 Å². The Bertz CT molecular complexity index is 572. The molecule has 0 saturated carbocycles. The van der Waals surface area contributed by atoms with Gasteiger partial charge in [0, 0.05) is 17.0 Å². The van der Waals surface area contributed by atoms with Gasteiger partial charge >= 0.3 is 0 Å². The summed E-state index contributed by atoms with van der Waals surface area (Å²) in [5.74, 6) is 0.929. The molecule has 1 N–H and O–H groups in total. The molecule has 106 valence electrons. The number of benzene rings is 2. The summed E-state index contributed by atoms with van der Waals surface area (Å²) in [4.78, 5) is 1.31. The molecule has 2 aromatic carbocycles. The summed E-state index contributed by atoms with van der Waals surface area (Å²) in [5, 5.41) is 0. The SMILES string of the molecule is COc1ccccc1CNSc1c(C)cc(C)cc1C. The third kappa shape index (κ3) is 3.56. The second kappa shape index (κ2) is 6.82. The lowest BCUT2D eigenvalue weighted by molar-refractivity contribution is 0.409. The normalized spacial score (nSPS) is 10.6. The molecule has 0 atom stereocenters. The first-order chi connectivity index (χ1) is 9.61. The van der Waals surface area contributed by atoms with Crippen molar-refractivity contribution in [3.05, 3.63) is 58.7 Å². The standard InChI is InChI=1S/C17H21NOS/c1-12-9-13(2)17(14(3)10-12)20-18-11-15-7-5-6-8-16(15)19-4/h5-10,18H,11H2,1-4H3. The molecule has 0 aliphatic heterocycles. The van der Waals surface area contributed by atoms with Crippen molar-refractivity contribution in [2.24, 2.45) is 0 Å². The van der Waals surface area contributed by atoms with E-state index in [1.807, 2.05) is 18.2 Å². The van der Waals surface area contributed by atoms with Crippen LogP contribution in [0.4, 0.5) is 0 Å². The van der Waals surface area contributed by atoms with E-state index in [9.17, 15) is 0 Å². The van der Waals surface area contributed by atoms with Gasteiger partial charge in [-0.1, -0.05) is 35.9 Å². The minimum Gasteiger partial charge on any atom is -0.496 e. The zero-order valence-electron chi connectivity index (χ0n) is 12.5. The molecule has 2 aromatic rings. The predicted molar refractivity (Wildman–Crippen MR) is 86.3 cm³/mol. The number of para-hydroxylation sites is 1. The molecule has 0 unspecified atom stereocenters. The van der Waals surface area contributed by atoms with Crippen LogP contribution in [0.3, 0.4) is 0 Å². The Balaban J connectivity index is 2.03. The van der Waals surface area contributed by atoms with Gasteiger partial charge < -0.3 is 4.74 Å². The van der Waals surface area contributed by atoms with Crippen LogP contribution in [0.25, 0.3) is 0 Å². The van der Waals surface area contributed by atoms with Gasteiger partial charge in [0.05, 0.1) is 7.11 Å². The molecule has 2 nitrogen and oxygen atoms in total. The molecule has 20 heavy (non-hydrogen) atoms. The second-order valence-electron chi connectivity index (χ2n) is 4.96. The molecule has 0 amide bonds. The van der Waals surface area contributed by atoms with Crippen LogP contribution in [-0.2, 0) is 6.54 Å². The summed E-state index contributed by atoms with van der Waals surface area (Å²) in [6.07, 6.45) is 0. The van der Waals surface area contributed by atoms with Crippen LogP contribution in [0, 0.1) is 20.8 Å². The highest BCUT2D eigenvalue weighted by Crippen LogP contribution is 2.26. The lowest BCUT2D eigenvalue weighted by atomic mass is 10.1. The van der Waals surface area contributed by atoms with Crippen molar-refractivity contribution in [1.29, 1.82) is 0 Å². The van der Waals surface area contributed by atoms with Gasteiger partial charge in [-0.25, -0.2) is 0 Å². The molecule has 0 bridgehead atoms. The van der Waals surface area contributed by atoms with E-state index in [4.69, 9.17) is 4.74 Å². The average molecular weight is 287 g/mol. The van der Waals surface area contributed by atoms with Crippen LogP contribution in [-0.4, -0.2) is 7.11 Å². The van der Waals surface area contributed by atoms with E-state index in [1.165, 1.54) is 27.1 Å². The fourth-order valence-corrected chi connectivity index (χ4v) is 3.17. The van der Waals surface area contributed by atoms with Crippen molar-refractivity contribution in [2.75, 3.05) is 7.11 Å². The largest absolute Gasteiger partial charge is 0.496 e. The van der Waals surface area contributed by atoms with Crippen LogP contribution in [0.1, 0.15) is 22.3 Å². The molecule has 0 aliphatic carbocycles. The monoisotopic (exact) mass is 287 g/mol. The first kappa shape index (κ1) is 14.9. The van der Waals surface area contributed by atoms with Gasteiger partial charge in [-0.3, -0.25) is 4.72 Å². The van der Waals surface area contributed by atoms with Gasteiger partial charge in [0.2, 0.25) is 0 Å². The van der Waals surface area contributed by atoms with Gasteiger partial charge in [0.25, 0.3) is 0 Å². The third-order valence-corrected chi connectivity index (χ3v) is 4.37. The van der Waals surface area contributed by atoms with Gasteiger partial charge in [-0.2, -0.15) is 0 Å². The highest BCUT2D eigenvalue weighted by molar-refractivity contribution is 7.97. The zero-order chi connectivity index (χ0) is 14.5. The van der Waals surface area contributed by atoms with Crippen LogP contribution < -0.4 is 9.46 Å². The number of ether oxygens (including phenoxy) is 1. The molecule has 0 fully saturated rings. The maximum atomic E-state index is 5.36. The van der Waals surface area contributed by atoms with E-state index < -0.39 is 0 Å². The van der Waals surface area contributed by atoms with Crippen molar-refractivity contribution in [3.63, 3.8) is 0 Å². The van der Waals surface area contributed by atoms with Gasteiger partial charge in [-0.15, -0.1) is 0 Å². The number of aryl methyl sites for hydroxylation is 3. The van der Waals surface area contributed by atoms with Gasteiger partial charge in [0.1, 0.15) is 5.75 Å². The second-order valence-corrected chi connectivity index (χ2v) is 5.86. The zero-order valence-corrected chi connectivity index (χ0v) is 13.3. The fraction of sp³-hybridized carbons (Fsp3) is 0.294. The topological polar surface area (TPSA) is 21.3 Å². The lowest BCUT2D eigenvalue weighted by Gasteiger charge is -2.12. The van der Waals surface area contributed by atoms with Crippen molar-refractivity contribution < 1.29 is 4.74 Å². The summed E-state index contributed by atoms with van der Waals surface area (Å²) in [5.41, 5.74) is 5.12. The van der Waals surface area contributed by atoms with Gasteiger partial charge in [-0.05, 0) is 49.9 Å². The van der Waals surface area contributed by atoms with Crippen molar-refractivity contribution in [1.82, 2.24) is 4.72 Å². The molecule has 3 heteroatoms. The molecule has 0 radical (unpaired) electrons. The molecule has 0 aliphatic rings. The number of methoxy groups -OCH3 is 1. The maximum Gasteiger partial charge on any atom is 0.123 e. The average Bonchev–Trinajstić information content (AvgIpc) is 2.42. The van der Waals surface area contributed by atoms with Gasteiger partial charge in [0.15, 0.2) is 0 Å². The van der Waals surface area contributed by atoms with Crippen molar-refractivity contribution in [2.45, 2.75) is 32.2 Å². The summed E-state index contributed by atoms with van der Waals surface area (Å²) in [7, 11) is 1.71. The molecule has 0 spiro atoms. The Kier molecular flexibility index (Phi) is 5.10. The highest BCUT2D eigenvalue weighted by Gasteiger charge is 2.06. The molecular formula is C17H21NOS. The summed E-state index contributed by atoms with van der Waals surface area (Å²) < 4.78 is 8.79. The first-order valence-electron chi connectivity index (χ1n) is 6.71. The van der Waals surface area contributed by atoms with Crippen LogP contribution in [0.5, 0.6) is 5.75 Å². The van der Waals surface area contributed by atoms with E-state index >= 15 is 0 Å². The molecule has 0 saturated heterocycles. The molecule has 2 rings (SSSR count). The maximum absolute atomic E-state index is 5.36. The molecule has 0 heterocycles. The van der Waals surface area contributed by atoms with E-state index in [-0.39, 0.29) is 0 Å². The highest BCUT2D eigenvalue weighted by atomic mass is 32.2. The summed E-state index contributed by atoms with van der Waals surface area (Å²) in [6, 6.07) is 12.5. The Hall–Kier alpha value is -1.45. The number of nitrogens with one attached hydrogen (secondary N) is 1. The Morgan fingerprint density at radius 1 is 1.05 bits per heavy atom. The number of rotatable bonds is 5. The molecule has 0 aromatic heterocycles. The number of hydrogen-bond donors (Lipinski definition) is 1. The van der Waals surface area contributed by atoms with Crippen LogP contribution in [0.15, 0.2) is 41.3 Å². The van der Waals surface area contributed by atoms with Crippen LogP contribution >= 0.6 is 11.9 Å². The van der Waals surface area contributed by atoms with Crippen molar-refractivity contribution >= 4 is 11.9 Å². The van der Waals surface area contributed by atoms with Crippen molar-refractivity contribution in [3.8, 4) is 5.75 Å². The summed E-state index contributed by atoms with van der Waals surface area (Å²) >= 11 is 1.69. The Labute approximate surface area is 125 Å². The Morgan fingerprint density at radius 2 is 1.70 bits per heavy atom. The lowest BCUT2D eigenvalue weighted by Crippen LogP contribution is -2.05.